The second kappa shape index (κ2) is 12.7. The van der Waals surface area contributed by atoms with Crippen LogP contribution in [0, 0.1) is 11.8 Å². The Morgan fingerprint density at radius 1 is 0.833 bits per heavy atom. The van der Waals surface area contributed by atoms with Crippen LogP contribution in [0.5, 0.6) is 0 Å². The second-order valence-electron chi connectivity index (χ2n) is 9.00. The number of benzene rings is 2. The summed E-state index contributed by atoms with van der Waals surface area (Å²) in [6, 6.07) is 18.1. The average molecular weight is 405 g/mol. The Labute approximate surface area is 184 Å². The van der Waals surface area contributed by atoms with E-state index >= 15 is 0 Å². The molecule has 0 atom stereocenters. The number of hydrogen-bond donors (Lipinski definition) is 0. The molecule has 1 saturated carbocycles. The fraction of sp³-hybridized carbons (Fsp3) is 0.517. The first-order chi connectivity index (χ1) is 14.8. The maximum absolute atomic E-state index is 5.77. The van der Waals surface area contributed by atoms with E-state index in [1.165, 1.54) is 80.0 Å². The van der Waals surface area contributed by atoms with Crippen LogP contribution in [0.4, 0.5) is 0 Å². The molecule has 0 amide bonds. The number of ether oxygens (including phenoxy) is 1. The van der Waals surface area contributed by atoms with Crippen molar-refractivity contribution in [3.05, 3.63) is 71.8 Å². The van der Waals surface area contributed by atoms with E-state index in [4.69, 9.17) is 4.74 Å². The van der Waals surface area contributed by atoms with Crippen LogP contribution in [0.3, 0.4) is 0 Å². The lowest BCUT2D eigenvalue weighted by atomic mass is 9.79. The van der Waals surface area contributed by atoms with E-state index in [-0.39, 0.29) is 0 Å². The summed E-state index contributed by atoms with van der Waals surface area (Å²) >= 11 is 0. The van der Waals surface area contributed by atoms with Gasteiger partial charge in [0.2, 0.25) is 0 Å². The molecule has 0 saturated heterocycles. The Balaban J connectivity index is 1.43. The summed E-state index contributed by atoms with van der Waals surface area (Å²) in [4.78, 5) is 0. The van der Waals surface area contributed by atoms with Gasteiger partial charge in [-0.3, -0.25) is 0 Å². The summed E-state index contributed by atoms with van der Waals surface area (Å²) in [5, 5.41) is 0. The summed E-state index contributed by atoms with van der Waals surface area (Å²) in [6.07, 6.45) is 16.4. The van der Waals surface area contributed by atoms with Crippen molar-refractivity contribution in [2.24, 2.45) is 11.8 Å². The van der Waals surface area contributed by atoms with E-state index in [0.717, 1.165) is 25.0 Å². The molecule has 0 aliphatic heterocycles. The third kappa shape index (κ3) is 7.43. The molecule has 2 aromatic rings. The highest BCUT2D eigenvalue weighted by molar-refractivity contribution is 5.63. The van der Waals surface area contributed by atoms with Gasteiger partial charge in [-0.2, -0.15) is 0 Å². The van der Waals surface area contributed by atoms with Crippen LogP contribution in [-0.4, -0.2) is 6.61 Å². The molecule has 0 spiro atoms. The summed E-state index contributed by atoms with van der Waals surface area (Å²) < 4.78 is 5.77. The van der Waals surface area contributed by atoms with Crippen molar-refractivity contribution >= 4 is 0 Å². The Morgan fingerprint density at radius 2 is 1.47 bits per heavy atom. The molecule has 2 aromatic carbocycles. The molecular weight excluding hydrogens is 364 g/mol. The fourth-order valence-electron chi connectivity index (χ4n) is 4.61. The first kappa shape index (κ1) is 22.8. The van der Waals surface area contributed by atoms with Crippen LogP contribution in [0.25, 0.3) is 11.1 Å². The van der Waals surface area contributed by atoms with Crippen LogP contribution in [0.2, 0.25) is 0 Å². The molecule has 1 aliphatic rings. The fourth-order valence-corrected chi connectivity index (χ4v) is 4.61. The van der Waals surface area contributed by atoms with Gasteiger partial charge in [0.15, 0.2) is 0 Å². The molecule has 3 rings (SSSR count). The highest BCUT2D eigenvalue weighted by Gasteiger charge is 2.19. The lowest BCUT2D eigenvalue weighted by Gasteiger charge is -2.26. The number of rotatable bonds is 11. The maximum atomic E-state index is 5.77. The van der Waals surface area contributed by atoms with Gasteiger partial charge in [-0.15, -0.1) is 0 Å². The Bertz CT molecular complexity index is 733. The summed E-state index contributed by atoms with van der Waals surface area (Å²) in [7, 11) is 0. The maximum Gasteiger partial charge on any atom is 0.0716 e. The zero-order valence-electron chi connectivity index (χ0n) is 19.1. The van der Waals surface area contributed by atoms with Gasteiger partial charge < -0.3 is 4.74 Å². The Hall–Kier alpha value is -1.86. The Morgan fingerprint density at radius 3 is 2.07 bits per heavy atom. The van der Waals surface area contributed by atoms with Crippen molar-refractivity contribution in [3.8, 4) is 11.1 Å². The number of hydrogen-bond acceptors (Lipinski definition) is 1. The first-order valence-electron chi connectivity index (χ1n) is 12.2. The SMILES string of the molecule is C/C=C/C1CCC(CCc2ccc(-c3ccc(COCCCCC)cc3)cc2)CC1. The third-order valence-corrected chi connectivity index (χ3v) is 6.60. The summed E-state index contributed by atoms with van der Waals surface area (Å²) in [6.45, 7) is 5.96. The number of unbranched alkanes of at least 4 members (excludes halogenated alkanes) is 2. The molecule has 30 heavy (non-hydrogen) atoms. The van der Waals surface area contributed by atoms with Crippen LogP contribution in [0.15, 0.2) is 60.7 Å². The minimum Gasteiger partial charge on any atom is -0.377 e. The van der Waals surface area contributed by atoms with Crippen LogP contribution < -0.4 is 0 Å². The lowest BCUT2D eigenvalue weighted by molar-refractivity contribution is 0.117. The molecule has 1 nitrogen and oxygen atoms in total. The molecule has 1 fully saturated rings. The largest absolute Gasteiger partial charge is 0.377 e. The van der Waals surface area contributed by atoms with E-state index in [0.29, 0.717) is 0 Å². The Kier molecular flexibility index (Phi) is 9.70. The molecule has 0 radical (unpaired) electrons. The zero-order valence-corrected chi connectivity index (χ0v) is 19.1. The average Bonchev–Trinajstić information content (AvgIpc) is 2.79. The predicted molar refractivity (Wildman–Crippen MR) is 130 cm³/mol. The molecular formula is C29H40O. The van der Waals surface area contributed by atoms with Gasteiger partial charge in [-0.1, -0.05) is 80.4 Å². The standard InChI is InChI=1S/C29H40O/c1-3-5-6-22-30-23-27-16-20-29(21-17-27)28-18-14-26(15-19-28)13-12-25-10-8-24(7-4-2)9-11-25/h4,7,14-21,24-25H,3,5-6,8-13,22-23H2,1-2H3/b7-4+. The first-order valence-corrected chi connectivity index (χ1v) is 12.2. The molecule has 0 heterocycles. The van der Waals surface area contributed by atoms with Crippen molar-refractivity contribution in [1.82, 2.24) is 0 Å². The van der Waals surface area contributed by atoms with Gasteiger partial charge in [-0.25, -0.2) is 0 Å². The van der Waals surface area contributed by atoms with Gasteiger partial charge in [-0.05, 0) is 86.0 Å². The van der Waals surface area contributed by atoms with Gasteiger partial charge >= 0.3 is 0 Å². The van der Waals surface area contributed by atoms with E-state index in [2.05, 4.69) is 74.5 Å². The quantitative estimate of drug-likeness (QED) is 0.270. The molecule has 1 aliphatic carbocycles. The number of allylic oxidation sites excluding steroid dienone is 2. The van der Waals surface area contributed by atoms with Gasteiger partial charge in [0.1, 0.15) is 0 Å². The minimum absolute atomic E-state index is 0.722. The van der Waals surface area contributed by atoms with Gasteiger partial charge in [0, 0.05) is 6.61 Å². The van der Waals surface area contributed by atoms with E-state index in [1.54, 1.807) is 0 Å². The predicted octanol–water partition coefficient (Wildman–Crippen LogP) is 8.38. The van der Waals surface area contributed by atoms with E-state index < -0.39 is 0 Å². The van der Waals surface area contributed by atoms with Crippen molar-refractivity contribution < 1.29 is 4.74 Å². The van der Waals surface area contributed by atoms with Crippen molar-refractivity contribution in [3.63, 3.8) is 0 Å². The highest BCUT2D eigenvalue weighted by atomic mass is 16.5. The second-order valence-corrected chi connectivity index (χ2v) is 9.00. The lowest BCUT2D eigenvalue weighted by Crippen LogP contribution is -2.13. The van der Waals surface area contributed by atoms with Crippen molar-refractivity contribution in [2.45, 2.75) is 78.2 Å². The molecule has 162 valence electrons. The van der Waals surface area contributed by atoms with Gasteiger partial charge in [0.25, 0.3) is 0 Å². The molecule has 1 heteroatoms. The van der Waals surface area contributed by atoms with Crippen molar-refractivity contribution in [1.29, 1.82) is 0 Å². The zero-order chi connectivity index (χ0) is 21.0. The minimum atomic E-state index is 0.722. The van der Waals surface area contributed by atoms with Crippen LogP contribution in [0.1, 0.15) is 76.3 Å². The summed E-state index contributed by atoms with van der Waals surface area (Å²) in [5.74, 6) is 1.76. The van der Waals surface area contributed by atoms with E-state index in [9.17, 15) is 0 Å². The third-order valence-electron chi connectivity index (χ3n) is 6.60. The highest BCUT2D eigenvalue weighted by Crippen LogP contribution is 2.32. The van der Waals surface area contributed by atoms with E-state index in [1.807, 2.05) is 0 Å². The molecule has 0 bridgehead atoms. The molecule has 0 aromatic heterocycles. The molecule has 0 N–H and O–H groups in total. The van der Waals surface area contributed by atoms with Crippen LogP contribution >= 0.6 is 0 Å². The monoisotopic (exact) mass is 404 g/mol. The smallest absolute Gasteiger partial charge is 0.0716 e. The topological polar surface area (TPSA) is 9.23 Å². The van der Waals surface area contributed by atoms with Crippen molar-refractivity contribution in [2.75, 3.05) is 6.61 Å². The number of aryl methyl sites for hydroxylation is 1. The van der Waals surface area contributed by atoms with Gasteiger partial charge in [0.05, 0.1) is 6.61 Å². The van der Waals surface area contributed by atoms with Crippen LogP contribution in [-0.2, 0) is 17.8 Å². The molecule has 0 unspecified atom stereocenters. The normalized spacial score (nSPS) is 19.4. The summed E-state index contributed by atoms with van der Waals surface area (Å²) in [5.41, 5.74) is 5.34.